The molecule has 1 aromatic rings. The number of nitrogens with one attached hydrogen (secondary N) is 1. The number of nitrogens with two attached hydrogens (primary N) is 1. The normalized spacial score (nSPS) is 14.5. The molecular formula is C12H19ClN2O. The second-order valence-electron chi connectivity index (χ2n) is 4.34. The summed E-state index contributed by atoms with van der Waals surface area (Å²) < 4.78 is 0. The highest BCUT2D eigenvalue weighted by Crippen LogP contribution is 2.25. The van der Waals surface area contributed by atoms with E-state index in [9.17, 15) is 5.11 Å². The monoisotopic (exact) mass is 242 g/mol. The Morgan fingerprint density at radius 1 is 1.50 bits per heavy atom. The van der Waals surface area contributed by atoms with Crippen molar-refractivity contribution < 1.29 is 5.11 Å². The molecule has 16 heavy (non-hydrogen) atoms. The van der Waals surface area contributed by atoms with Crippen molar-refractivity contribution in [1.82, 2.24) is 0 Å². The summed E-state index contributed by atoms with van der Waals surface area (Å²) in [7, 11) is 0. The number of halogens is 1. The summed E-state index contributed by atoms with van der Waals surface area (Å²) in [6, 6.07) is 5.29. The zero-order valence-corrected chi connectivity index (χ0v) is 10.5. The zero-order chi connectivity index (χ0) is 12.2. The topological polar surface area (TPSA) is 58.3 Å². The first-order chi connectivity index (χ1) is 7.44. The van der Waals surface area contributed by atoms with Crippen LogP contribution in [0.2, 0.25) is 5.02 Å². The molecule has 0 spiro atoms. The average Bonchev–Trinajstić information content (AvgIpc) is 2.16. The molecule has 0 fully saturated rings. The minimum absolute atomic E-state index is 0.477. The van der Waals surface area contributed by atoms with Crippen LogP contribution in [0.3, 0.4) is 0 Å². The Balaban J connectivity index is 2.61. The van der Waals surface area contributed by atoms with Crippen molar-refractivity contribution in [3.63, 3.8) is 0 Å². The second-order valence-corrected chi connectivity index (χ2v) is 4.75. The molecule has 0 aromatic heterocycles. The van der Waals surface area contributed by atoms with Crippen LogP contribution in [0.4, 0.5) is 11.4 Å². The summed E-state index contributed by atoms with van der Waals surface area (Å²) in [6.07, 6.45) is 1.71. The van der Waals surface area contributed by atoms with Crippen LogP contribution in [0.5, 0.6) is 0 Å². The molecule has 4 N–H and O–H groups in total. The lowest BCUT2D eigenvalue weighted by Crippen LogP contribution is -2.33. The van der Waals surface area contributed by atoms with Gasteiger partial charge in [-0.05, 0) is 31.5 Å². The van der Waals surface area contributed by atoms with Crippen molar-refractivity contribution in [1.29, 1.82) is 0 Å². The predicted octanol–water partition coefficient (Wildman–Crippen LogP) is 2.89. The Morgan fingerprint density at radius 2 is 2.19 bits per heavy atom. The van der Waals surface area contributed by atoms with Crippen LogP contribution in [-0.4, -0.2) is 17.3 Å². The first kappa shape index (κ1) is 13.1. The van der Waals surface area contributed by atoms with E-state index in [4.69, 9.17) is 17.3 Å². The van der Waals surface area contributed by atoms with Crippen LogP contribution in [0.25, 0.3) is 0 Å². The van der Waals surface area contributed by atoms with Crippen LogP contribution in [0.15, 0.2) is 18.2 Å². The number of rotatable bonds is 5. The summed E-state index contributed by atoms with van der Waals surface area (Å²) in [4.78, 5) is 0. The fraction of sp³-hybridized carbons (Fsp3) is 0.500. The van der Waals surface area contributed by atoms with Gasteiger partial charge in [0.05, 0.1) is 16.3 Å². The van der Waals surface area contributed by atoms with Crippen LogP contribution in [0, 0.1) is 0 Å². The van der Waals surface area contributed by atoms with Gasteiger partial charge in [-0.1, -0.05) is 24.9 Å². The highest BCUT2D eigenvalue weighted by Gasteiger charge is 2.18. The largest absolute Gasteiger partial charge is 0.399 e. The summed E-state index contributed by atoms with van der Waals surface area (Å²) >= 11 is 6.01. The Kier molecular flexibility index (Phi) is 4.44. The predicted molar refractivity (Wildman–Crippen MR) is 69.9 cm³/mol. The molecule has 0 saturated heterocycles. The zero-order valence-electron chi connectivity index (χ0n) is 9.76. The third-order valence-electron chi connectivity index (χ3n) is 2.44. The van der Waals surface area contributed by atoms with Gasteiger partial charge in [-0.2, -0.15) is 0 Å². The van der Waals surface area contributed by atoms with Gasteiger partial charge < -0.3 is 16.2 Å². The minimum Gasteiger partial charge on any atom is -0.399 e. The summed E-state index contributed by atoms with van der Waals surface area (Å²) in [5, 5.41) is 13.7. The molecule has 0 aliphatic rings. The molecular weight excluding hydrogens is 224 g/mol. The van der Waals surface area contributed by atoms with E-state index in [1.807, 2.05) is 19.9 Å². The van der Waals surface area contributed by atoms with Crippen molar-refractivity contribution in [3.05, 3.63) is 23.2 Å². The van der Waals surface area contributed by atoms with Crippen molar-refractivity contribution in [3.8, 4) is 0 Å². The molecule has 1 rings (SSSR count). The van der Waals surface area contributed by atoms with Gasteiger partial charge in [0, 0.05) is 12.2 Å². The summed E-state index contributed by atoms with van der Waals surface area (Å²) in [5.41, 5.74) is 6.32. The van der Waals surface area contributed by atoms with E-state index in [1.54, 1.807) is 12.1 Å². The first-order valence-electron chi connectivity index (χ1n) is 5.46. The van der Waals surface area contributed by atoms with Gasteiger partial charge in [0.1, 0.15) is 0 Å². The lowest BCUT2D eigenvalue weighted by Gasteiger charge is -2.24. The van der Waals surface area contributed by atoms with E-state index >= 15 is 0 Å². The van der Waals surface area contributed by atoms with Crippen molar-refractivity contribution in [2.75, 3.05) is 17.6 Å². The molecule has 0 bridgehead atoms. The number of hydrogen-bond donors (Lipinski definition) is 3. The van der Waals surface area contributed by atoms with Gasteiger partial charge in [-0.15, -0.1) is 0 Å². The molecule has 0 aliphatic carbocycles. The Morgan fingerprint density at radius 3 is 2.75 bits per heavy atom. The van der Waals surface area contributed by atoms with Crippen LogP contribution < -0.4 is 11.1 Å². The second kappa shape index (κ2) is 5.41. The maximum Gasteiger partial charge on any atom is 0.0791 e. The molecule has 0 aliphatic heterocycles. The molecule has 4 heteroatoms. The fourth-order valence-electron chi connectivity index (χ4n) is 1.59. The lowest BCUT2D eigenvalue weighted by molar-refractivity contribution is 0.0637. The van der Waals surface area contributed by atoms with Crippen LogP contribution >= 0.6 is 11.6 Å². The molecule has 0 saturated carbocycles. The van der Waals surface area contributed by atoms with E-state index in [-0.39, 0.29) is 0 Å². The molecule has 3 nitrogen and oxygen atoms in total. The molecule has 0 amide bonds. The highest BCUT2D eigenvalue weighted by atomic mass is 35.5. The van der Waals surface area contributed by atoms with Crippen molar-refractivity contribution in [2.45, 2.75) is 32.3 Å². The quantitative estimate of drug-likeness (QED) is 0.696. The van der Waals surface area contributed by atoms with Crippen LogP contribution in [0.1, 0.15) is 26.7 Å². The molecule has 90 valence electrons. The van der Waals surface area contributed by atoms with Gasteiger partial charge in [-0.25, -0.2) is 0 Å². The van der Waals surface area contributed by atoms with E-state index < -0.39 is 5.60 Å². The fourth-order valence-corrected chi connectivity index (χ4v) is 1.84. The van der Waals surface area contributed by atoms with Crippen molar-refractivity contribution in [2.24, 2.45) is 0 Å². The number of benzene rings is 1. The molecule has 1 aromatic carbocycles. The third-order valence-corrected chi connectivity index (χ3v) is 2.75. The average molecular weight is 243 g/mol. The van der Waals surface area contributed by atoms with E-state index in [0.29, 0.717) is 17.3 Å². The highest BCUT2D eigenvalue weighted by molar-refractivity contribution is 6.33. The van der Waals surface area contributed by atoms with Gasteiger partial charge in [0.25, 0.3) is 0 Å². The number of aliphatic hydroxyl groups is 1. The smallest absolute Gasteiger partial charge is 0.0791 e. The maximum atomic E-state index is 9.99. The van der Waals surface area contributed by atoms with Crippen molar-refractivity contribution >= 4 is 23.0 Å². The summed E-state index contributed by atoms with van der Waals surface area (Å²) in [5.74, 6) is 0. The van der Waals surface area contributed by atoms with E-state index in [1.165, 1.54) is 0 Å². The van der Waals surface area contributed by atoms with E-state index in [0.717, 1.165) is 18.5 Å². The van der Waals surface area contributed by atoms with Gasteiger partial charge in [0.2, 0.25) is 0 Å². The number of hydrogen-bond acceptors (Lipinski definition) is 3. The molecule has 0 heterocycles. The van der Waals surface area contributed by atoms with Crippen LogP contribution in [-0.2, 0) is 0 Å². The summed E-state index contributed by atoms with van der Waals surface area (Å²) in [6.45, 7) is 4.34. The Labute approximate surface area is 102 Å². The number of nitrogen functional groups attached to an aromatic ring is 1. The molecule has 1 atom stereocenters. The lowest BCUT2D eigenvalue weighted by atomic mass is 10.0. The SMILES string of the molecule is CCCC(C)(O)CNc1ccc(N)cc1Cl. The van der Waals surface area contributed by atoms with Gasteiger partial charge in [0.15, 0.2) is 0 Å². The maximum absolute atomic E-state index is 9.99. The van der Waals surface area contributed by atoms with Gasteiger partial charge >= 0.3 is 0 Å². The Bertz CT molecular complexity index is 353. The first-order valence-corrected chi connectivity index (χ1v) is 5.84. The number of anilines is 2. The van der Waals surface area contributed by atoms with Gasteiger partial charge in [-0.3, -0.25) is 0 Å². The molecule has 0 radical (unpaired) electrons. The Hall–Kier alpha value is -0.930. The standard InChI is InChI=1S/C12H19ClN2O/c1-3-6-12(2,16)8-15-11-5-4-9(14)7-10(11)13/h4-5,7,15-16H,3,6,8,14H2,1-2H3. The van der Waals surface area contributed by atoms with E-state index in [2.05, 4.69) is 5.32 Å². The molecule has 1 unspecified atom stereocenters. The minimum atomic E-state index is -0.709. The third kappa shape index (κ3) is 3.91.